The fourth-order valence-corrected chi connectivity index (χ4v) is 3.86. The molecule has 4 N–H and O–H groups in total. The van der Waals surface area contributed by atoms with Crippen molar-refractivity contribution in [2.24, 2.45) is 5.73 Å². The van der Waals surface area contributed by atoms with Gasteiger partial charge in [0.15, 0.2) is 5.82 Å². The number of halogens is 1. The molecule has 1 fully saturated rings. The quantitative estimate of drug-likeness (QED) is 0.418. The van der Waals surface area contributed by atoms with Gasteiger partial charge in [-0.25, -0.2) is 9.37 Å². The van der Waals surface area contributed by atoms with Gasteiger partial charge in [-0.2, -0.15) is 10.1 Å². The zero-order valence-corrected chi connectivity index (χ0v) is 19.1. The molecule has 3 heterocycles. The van der Waals surface area contributed by atoms with E-state index in [0.717, 1.165) is 12.8 Å². The van der Waals surface area contributed by atoms with Crippen LogP contribution in [-0.2, 0) is 4.79 Å². The van der Waals surface area contributed by atoms with Crippen molar-refractivity contribution in [2.75, 3.05) is 30.8 Å². The van der Waals surface area contributed by atoms with Gasteiger partial charge in [-0.15, -0.1) is 0 Å². The number of nitrogens with one attached hydrogen (secondary N) is 2. The fourth-order valence-electron chi connectivity index (χ4n) is 3.86. The van der Waals surface area contributed by atoms with Crippen LogP contribution < -0.4 is 21.1 Å². The minimum Gasteiger partial charge on any atom is -0.494 e. The van der Waals surface area contributed by atoms with Crippen LogP contribution in [0.1, 0.15) is 29.2 Å². The first kappa shape index (κ1) is 23.7. The summed E-state index contributed by atoms with van der Waals surface area (Å²) in [5.41, 5.74) is 6.03. The highest BCUT2D eigenvalue weighted by Gasteiger charge is 2.24. The summed E-state index contributed by atoms with van der Waals surface area (Å²) in [5.74, 6) is -1.10. The van der Waals surface area contributed by atoms with Gasteiger partial charge in [0.2, 0.25) is 11.9 Å². The molecule has 0 unspecified atom stereocenters. The second-order valence-electron chi connectivity index (χ2n) is 7.88. The second-order valence-corrected chi connectivity index (χ2v) is 7.88. The number of ether oxygens (including phenoxy) is 1. The number of carbonyl (C=O) groups is 2. The Labute approximate surface area is 200 Å². The molecule has 0 spiro atoms. The van der Waals surface area contributed by atoms with Gasteiger partial charge in [0.25, 0.3) is 5.91 Å². The summed E-state index contributed by atoms with van der Waals surface area (Å²) in [6.07, 6.45) is 7.69. The highest BCUT2D eigenvalue weighted by Crippen LogP contribution is 2.31. The number of nitrogens with zero attached hydrogens (tertiary/aromatic N) is 5. The number of hydrogen-bond acceptors (Lipinski definition) is 8. The fraction of sp³-hybridized carbons (Fsp3) is 0.261. The topological polar surface area (TPSA) is 140 Å². The van der Waals surface area contributed by atoms with Gasteiger partial charge >= 0.3 is 0 Å². The molecule has 35 heavy (non-hydrogen) atoms. The lowest BCUT2D eigenvalue weighted by Crippen LogP contribution is -2.39. The summed E-state index contributed by atoms with van der Waals surface area (Å²) in [6.45, 7) is 4.78. The molecular weight excluding hydrogens is 455 g/mol. The molecule has 1 saturated heterocycles. The summed E-state index contributed by atoms with van der Waals surface area (Å²) in [6, 6.07) is 4.34. The van der Waals surface area contributed by atoms with Crippen molar-refractivity contribution in [3.63, 3.8) is 0 Å². The molecule has 1 aliphatic rings. The number of anilines is 4. The Balaban J connectivity index is 1.55. The van der Waals surface area contributed by atoms with E-state index in [4.69, 9.17) is 10.5 Å². The van der Waals surface area contributed by atoms with Crippen LogP contribution in [0.25, 0.3) is 0 Å². The summed E-state index contributed by atoms with van der Waals surface area (Å²) < 4.78 is 21.4. The first-order valence-electron chi connectivity index (χ1n) is 10.9. The lowest BCUT2D eigenvalue weighted by Gasteiger charge is -2.32. The molecule has 0 saturated carbocycles. The van der Waals surface area contributed by atoms with Crippen LogP contribution in [0.5, 0.6) is 5.75 Å². The first-order chi connectivity index (χ1) is 16.9. The van der Waals surface area contributed by atoms with Crippen molar-refractivity contribution >= 4 is 35.0 Å². The van der Waals surface area contributed by atoms with Crippen LogP contribution in [0.3, 0.4) is 0 Å². The number of rotatable bonds is 8. The molecule has 1 atom stereocenters. The number of hydrogen-bond donors (Lipinski definition) is 3. The Morgan fingerprint density at radius 2 is 2.14 bits per heavy atom. The number of amides is 2. The molecule has 182 valence electrons. The predicted octanol–water partition coefficient (Wildman–Crippen LogP) is 2.76. The van der Waals surface area contributed by atoms with E-state index < -0.39 is 11.7 Å². The summed E-state index contributed by atoms with van der Waals surface area (Å²) in [5, 5.41) is 10.2. The van der Waals surface area contributed by atoms with Crippen molar-refractivity contribution in [2.45, 2.75) is 18.9 Å². The average Bonchev–Trinajstić information content (AvgIpc) is 3.33. The third-order valence-electron chi connectivity index (χ3n) is 5.61. The lowest BCUT2D eigenvalue weighted by atomic mass is 10.1. The molecule has 2 amide bonds. The highest BCUT2D eigenvalue weighted by molar-refractivity contribution is 5.98. The number of aromatic nitrogens is 4. The van der Waals surface area contributed by atoms with Crippen LogP contribution in [0.4, 0.5) is 27.5 Å². The van der Waals surface area contributed by atoms with Gasteiger partial charge in [0, 0.05) is 25.5 Å². The largest absolute Gasteiger partial charge is 0.494 e. The van der Waals surface area contributed by atoms with Crippen LogP contribution in [0.15, 0.2) is 49.4 Å². The van der Waals surface area contributed by atoms with Crippen molar-refractivity contribution in [3.05, 3.63) is 60.8 Å². The molecule has 1 aromatic carbocycles. The van der Waals surface area contributed by atoms with E-state index in [1.54, 1.807) is 28.0 Å². The van der Waals surface area contributed by atoms with Gasteiger partial charge < -0.3 is 26.0 Å². The molecule has 1 aliphatic heterocycles. The predicted molar refractivity (Wildman–Crippen MR) is 127 cm³/mol. The molecule has 3 aromatic rings. The van der Waals surface area contributed by atoms with Gasteiger partial charge in [-0.3, -0.25) is 14.3 Å². The van der Waals surface area contributed by atoms with Gasteiger partial charge in [-0.1, -0.05) is 12.6 Å². The van der Waals surface area contributed by atoms with Gasteiger partial charge in [-0.05, 0) is 31.1 Å². The standard InChI is InChI=1S/C23H25FN8O3/c1-3-19(33)31-9-5-6-15(13-31)32-12-14(10-27-32)28-23-26-11-16(21(25)34)22(30-23)29-20-17(24)7-4-8-18(20)35-2/h3-4,7-8,10-12,15H,1,5-6,9,13H2,2H3,(H2,25,34)(H2,26,28,29,30)/t15-/m0/s1. The van der Waals surface area contributed by atoms with Crippen molar-refractivity contribution in [1.82, 2.24) is 24.6 Å². The number of primary amides is 1. The summed E-state index contributed by atoms with van der Waals surface area (Å²) in [4.78, 5) is 34.1. The SMILES string of the molecule is C=CC(=O)N1CCC[C@H](n2cc(Nc3ncc(C(N)=O)c(Nc4c(F)cccc4OC)n3)cn2)C1. The zero-order valence-electron chi connectivity index (χ0n) is 19.1. The maximum absolute atomic E-state index is 14.4. The number of nitrogens with two attached hydrogens (primary N) is 1. The number of carbonyl (C=O) groups excluding carboxylic acids is 2. The Bertz CT molecular complexity index is 1260. The van der Waals surface area contributed by atoms with Crippen LogP contribution in [-0.4, -0.2) is 56.7 Å². The minimum absolute atomic E-state index is 0.00546. The van der Waals surface area contributed by atoms with Crippen molar-refractivity contribution < 1.29 is 18.7 Å². The number of methoxy groups -OCH3 is 1. The Morgan fingerprint density at radius 3 is 2.89 bits per heavy atom. The molecule has 0 bridgehead atoms. The Kier molecular flexibility index (Phi) is 6.90. The van der Waals surface area contributed by atoms with E-state index in [9.17, 15) is 14.0 Å². The number of para-hydroxylation sites is 1. The number of benzene rings is 1. The molecular formula is C23H25FN8O3. The van der Waals surface area contributed by atoms with E-state index in [2.05, 4.69) is 32.3 Å². The van der Waals surface area contributed by atoms with Crippen molar-refractivity contribution in [1.29, 1.82) is 0 Å². The molecule has 4 rings (SSSR count). The Morgan fingerprint density at radius 1 is 1.31 bits per heavy atom. The summed E-state index contributed by atoms with van der Waals surface area (Å²) >= 11 is 0. The molecule has 0 radical (unpaired) electrons. The Hall–Kier alpha value is -4.48. The number of likely N-dealkylation sites (tertiary alicyclic amines) is 1. The van der Waals surface area contributed by atoms with Crippen molar-refractivity contribution in [3.8, 4) is 5.75 Å². The monoisotopic (exact) mass is 480 g/mol. The third kappa shape index (κ3) is 5.21. The van der Waals surface area contributed by atoms with Crippen LogP contribution >= 0.6 is 0 Å². The molecule has 12 heteroatoms. The number of piperidine rings is 1. The summed E-state index contributed by atoms with van der Waals surface area (Å²) in [7, 11) is 1.40. The minimum atomic E-state index is -0.780. The molecule has 11 nitrogen and oxygen atoms in total. The van der Waals surface area contributed by atoms with Gasteiger partial charge in [0.1, 0.15) is 22.8 Å². The maximum atomic E-state index is 14.4. The average molecular weight is 481 g/mol. The molecule has 2 aromatic heterocycles. The van der Waals surface area contributed by atoms with E-state index in [-0.39, 0.29) is 40.7 Å². The van der Waals surface area contributed by atoms with Crippen LogP contribution in [0, 0.1) is 5.82 Å². The van der Waals surface area contributed by atoms with E-state index in [1.807, 2.05) is 0 Å². The van der Waals surface area contributed by atoms with Crippen LogP contribution in [0.2, 0.25) is 0 Å². The molecule has 0 aliphatic carbocycles. The normalized spacial score (nSPS) is 15.4. The second kappa shape index (κ2) is 10.2. The smallest absolute Gasteiger partial charge is 0.254 e. The van der Waals surface area contributed by atoms with Gasteiger partial charge in [0.05, 0.1) is 25.0 Å². The highest BCUT2D eigenvalue weighted by atomic mass is 19.1. The first-order valence-corrected chi connectivity index (χ1v) is 10.9. The van der Waals surface area contributed by atoms with E-state index in [0.29, 0.717) is 18.8 Å². The lowest BCUT2D eigenvalue weighted by molar-refractivity contribution is -0.127. The zero-order chi connectivity index (χ0) is 24.9. The van der Waals surface area contributed by atoms with E-state index >= 15 is 0 Å². The third-order valence-corrected chi connectivity index (χ3v) is 5.61. The maximum Gasteiger partial charge on any atom is 0.254 e. The van der Waals surface area contributed by atoms with E-state index in [1.165, 1.54) is 31.5 Å².